The molecule has 0 aromatic heterocycles. The average Bonchev–Trinajstić information content (AvgIpc) is 2.42. The molecule has 1 amide bonds. The average molecular weight is 322 g/mol. The Bertz CT molecular complexity index is 523. The zero-order valence-electron chi connectivity index (χ0n) is 11.1. The van der Waals surface area contributed by atoms with E-state index in [-0.39, 0.29) is 28.6 Å². The molecule has 7 heteroatoms. The molecular formula is C13H14Cl2FNO3. The van der Waals surface area contributed by atoms with Gasteiger partial charge in [-0.1, -0.05) is 23.2 Å². The van der Waals surface area contributed by atoms with Crippen LogP contribution in [0, 0.1) is 5.82 Å². The van der Waals surface area contributed by atoms with Crippen LogP contribution in [-0.4, -0.2) is 37.0 Å². The molecule has 20 heavy (non-hydrogen) atoms. The second-order valence-corrected chi connectivity index (χ2v) is 4.77. The van der Waals surface area contributed by atoms with E-state index in [0.717, 1.165) is 6.07 Å². The number of carbonyl (C=O) groups is 2. The van der Waals surface area contributed by atoms with Crippen LogP contribution in [0.2, 0.25) is 10.0 Å². The molecule has 0 aliphatic carbocycles. The maximum Gasteiger partial charge on any atom is 0.307 e. The van der Waals surface area contributed by atoms with Gasteiger partial charge in [-0.05, 0) is 19.1 Å². The lowest BCUT2D eigenvalue weighted by Crippen LogP contribution is -2.33. The summed E-state index contributed by atoms with van der Waals surface area (Å²) in [4.78, 5) is 24.7. The van der Waals surface area contributed by atoms with Crippen molar-refractivity contribution in [3.05, 3.63) is 33.6 Å². The lowest BCUT2D eigenvalue weighted by Gasteiger charge is -2.21. The SMILES string of the molecule is CCN(CCC(=O)OC)C(=O)c1cc(F)c(Cl)cc1Cl. The van der Waals surface area contributed by atoms with E-state index >= 15 is 0 Å². The molecule has 1 aromatic rings. The summed E-state index contributed by atoms with van der Waals surface area (Å²) in [6, 6.07) is 2.17. The second kappa shape index (κ2) is 7.45. The third-order valence-corrected chi connectivity index (χ3v) is 3.33. The quantitative estimate of drug-likeness (QED) is 0.618. The van der Waals surface area contributed by atoms with Crippen LogP contribution in [0.3, 0.4) is 0 Å². The topological polar surface area (TPSA) is 46.6 Å². The van der Waals surface area contributed by atoms with Crippen molar-refractivity contribution in [2.75, 3.05) is 20.2 Å². The summed E-state index contributed by atoms with van der Waals surface area (Å²) >= 11 is 11.5. The highest BCUT2D eigenvalue weighted by molar-refractivity contribution is 6.36. The predicted octanol–water partition coefficient (Wildman–Crippen LogP) is 3.16. The number of halogens is 3. The van der Waals surface area contributed by atoms with E-state index in [4.69, 9.17) is 23.2 Å². The summed E-state index contributed by atoms with van der Waals surface area (Å²) in [6.07, 6.45) is 0.0593. The fraction of sp³-hybridized carbons (Fsp3) is 0.385. The van der Waals surface area contributed by atoms with Crippen LogP contribution in [0.5, 0.6) is 0 Å². The van der Waals surface area contributed by atoms with Crippen LogP contribution in [0.4, 0.5) is 4.39 Å². The largest absolute Gasteiger partial charge is 0.469 e. The fourth-order valence-electron chi connectivity index (χ4n) is 1.59. The van der Waals surface area contributed by atoms with Crippen LogP contribution in [-0.2, 0) is 9.53 Å². The van der Waals surface area contributed by atoms with E-state index in [1.165, 1.54) is 18.1 Å². The monoisotopic (exact) mass is 321 g/mol. The van der Waals surface area contributed by atoms with E-state index in [2.05, 4.69) is 4.74 Å². The van der Waals surface area contributed by atoms with Gasteiger partial charge in [-0.2, -0.15) is 0 Å². The van der Waals surface area contributed by atoms with Gasteiger partial charge in [-0.3, -0.25) is 9.59 Å². The number of hydrogen-bond donors (Lipinski definition) is 0. The van der Waals surface area contributed by atoms with E-state index in [9.17, 15) is 14.0 Å². The zero-order valence-corrected chi connectivity index (χ0v) is 12.6. The third-order valence-electron chi connectivity index (χ3n) is 2.72. The molecule has 0 spiro atoms. The summed E-state index contributed by atoms with van der Waals surface area (Å²) < 4.78 is 17.9. The maximum atomic E-state index is 13.4. The Morgan fingerprint density at radius 3 is 2.50 bits per heavy atom. The second-order valence-electron chi connectivity index (χ2n) is 3.96. The summed E-state index contributed by atoms with van der Waals surface area (Å²) in [7, 11) is 1.27. The molecule has 4 nitrogen and oxygen atoms in total. The van der Waals surface area contributed by atoms with Gasteiger partial charge in [0.05, 0.1) is 29.1 Å². The van der Waals surface area contributed by atoms with Crippen LogP contribution in [0.1, 0.15) is 23.7 Å². The Morgan fingerprint density at radius 1 is 1.30 bits per heavy atom. The summed E-state index contributed by atoms with van der Waals surface area (Å²) in [5, 5.41) is -0.0814. The minimum atomic E-state index is -0.719. The molecule has 0 aliphatic heterocycles. The van der Waals surface area contributed by atoms with Crippen molar-refractivity contribution < 1.29 is 18.7 Å². The van der Waals surface area contributed by atoms with Crippen molar-refractivity contribution in [2.45, 2.75) is 13.3 Å². The first-order valence-corrected chi connectivity index (χ1v) is 6.66. The van der Waals surface area contributed by atoms with Gasteiger partial charge in [-0.15, -0.1) is 0 Å². The highest BCUT2D eigenvalue weighted by Crippen LogP contribution is 2.25. The molecule has 0 fully saturated rings. The van der Waals surface area contributed by atoms with E-state index in [0.29, 0.717) is 6.54 Å². The Labute approximate surface area is 126 Å². The number of amides is 1. The van der Waals surface area contributed by atoms with E-state index in [1.807, 2.05) is 0 Å². The van der Waals surface area contributed by atoms with Crippen molar-refractivity contribution in [1.29, 1.82) is 0 Å². The first-order valence-electron chi connectivity index (χ1n) is 5.91. The molecule has 0 unspecified atom stereocenters. The molecule has 0 N–H and O–H groups in total. The van der Waals surface area contributed by atoms with Gasteiger partial charge in [0, 0.05) is 13.1 Å². The predicted molar refractivity (Wildman–Crippen MR) is 74.6 cm³/mol. The molecule has 0 radical (unpaired) electrons. The van der Waals surface area contributed by atoms with E-state index < -0.39 is 17.7 Å². The van der Waals surface area contributed by atoms with E-state index in [1.54, 1.807) is 6.92 Å². The van der Waals surface area contributed by atoms with Crippen LogP contribution in [0.25, 0.3) is 0 Å². The first kappa shape index (κ1) is 16.7. The minimum absolute atomic E-state index is 0.0142. The van der Waals surface area contributed by atoms with Gasteiger partial charge in [0.15, 0.2) is 0 Å². The molecule has 0 saturated heterocycles. The lowest BCUT2D eigenvalue weighted by atomic mass is 10.2. The molecule has 0 atom stereocenters. The van der Waals surface area contributed by atoms with Gasteiger partial charge in [0.25, 0.3) is 5.91 Å². The molecule has 0 bridgehead atoms. The Balaban J connectivity index is 2.91. The van der Waals surface area contributed by atoms with Crippen LogP contribution >= 0.6 is 23.2 Å². The van der Waals surface area contributed by atoms with Crippen molar-refractivity contribution in [1.82, 2.24) is 4.90 Å². The van der Waals surface area contributed by atoms with Gasteiger partial charge >= 0.3 is 5.97 Å². The van der Waals surface area contributed by atoms with Crippen LogP contribution in [0.15, 0.2) is 12.1 Å². The summed E-state index contributed by atoms with van der Waals surface area (Å²) in [6.45, 7) is 2.27. The smallest absolute Gasteiger partial charge is 0.307 e. The number of methoxy groups -OCH3 is 1. The minimum Gasteiger partial charge on any atom is -0.469 e. The first-order chi connectivity index (χ1) is 9.40. The van der Waals surface area contributed by atoms with Crippen molar-refractivity contribution in [3.63, 3.8) is 0 Å². The molecule has 110 valence electrons. The summed E-state index contributed by atoms with van der Waals surface area (Å²) in [5.41, 5.74) is 0.0142. The highest BCUT2D eigenvalue weighted by Gasteiger charge is 2.20. The fourth-order valence-corrected chi connectivity index (χ4v) is 2.05. The molecular weight excluding hydrogens is 308 g/mol. The van der Waals surface area contributed by atoms with Crippen molar-refractivity contribution in [2.24, 2.45) is 0 Å². The molecule has 0 saturated carbocycles. The Hall–Kier alpha value is -1.33. The van der Waals surface area contributed by atoms with Gasteiger partial charge in [-0.25, -0.2) is 4.39 Å². The highest BCUT2D eigenvalue weighted by atomic mass is 35.5. The number of carbonyl (C=O) groups excluding carboxylic acids is 2. The normalized spacial score (nSPS) is 10.2. The Kier molecular flexibility index (Phi) is 6.23. The number of ether oxygens (including phenoxy) is 1. The molecule has 1 rings (SSSR count). The standard InChI is InChI=1S/C13H14Cl2FNO3/c1-3-17(5-4-12(18)20-2)13(19)8-6-11(16)10(15)7-9(8)14/h6-7H,3-5H2,1-2H3. The third kappa shape index (κ3) is 4.08. The maximum absolute atomic E-state index is 13.4. The summed E-state index contributed by atoms with van der Waals surface area (Å²) in [5.74, 6) is -1.61. The van der Waals surface area contributed by atoms with Crippen LogP contribution < -0.4 is 0 Å². The number of esters is 1. The molecule has 0 aliphatic rings. The van der Waals surface area contributed by atoms with Gasteiger partial charge in [0.1, 0.15) is 5.82 Å². The number of rotatable bonds is 5. The number of hydrogen-bond acceptors (Lipinski definition) is 3. The lowest BCUT2D eigenvalue weighted by molar-refractivity contribution is -0.140. The van der Waals surface area contributed by atoms with Crippen molar-refractivity contribution in [3.8, 4) is 0 Å². The Morgan fingerprint density at radius 2 is 1.95 bits per heavy atom. The molecule has 1 aromatic carbocycles. The van der Waals surface area contributed by atoms with Gasteiger partial charge < -0.3 is 9.64 Å². The van der Waals surface area contributed by atoms with Crippen molar-refractivity contribution >= 4 is 35.1 Å². The van der Waals surface area contributed by atoms with Gasteiger partial charge in [0.2, 0.25) is 0 Å². The molecule has 0 heterocycles. The number of benzene rings is 1. The number of nitrogens with zero attached hydrogens (tertiary/aromatic N) is 1. The zero-order chi connectivity index (χ0) is 15.3.